The summed E-state index contributed by atoms with van der Waals surface area (Å²) >= 11 is 1.10. The van der Waals surface area contributed by atoms with Gasteiger partial charge < -0.3 is 14.8 Å². The van der Waals surface area contributed by atoms with Crippen LogP contribution in [-0.4, -0.2) is 35.4 Å². The van der Waals surface area contributed by atoms with Gasteiger partial charge in [0.25, 0.3) is 0 Å². The highest BCUT2D eigenvalue weighted by Crippen LogP contribution is 2.28. The molecule has 0 spiro atoms. The van der Waals surface area contributed by atoms with E-state index in [-0.39, 0.29) is 30.2 Å². The maximum atomic E-state index is 13.5. The zero-order valence-corrected chi connectivity index (χ0v) is 22.0. The maximum Gasteiger partial charge on any atom is 0.331 e. The van der Waals surface area contributed by atoms with Crippen molar-refractivity contribution in [3.63, 3.8) is 0 Å². The predicted molar refractivity (Wildman–Crippen MR) is 146 cm³/mol. The maximum absolute atomic E-state index is 13.5. The average molecular weight is 520 g/mol. The van der Waals surface area contributed by atoms with Crippen LogP contribution in [-0.2, 0) is 37.1 Å². The lowest BCUT2D eigenvalue weighted by atomic mass is 9.88. The molecule has 2 unspecified atom stereocenters. The summed E-state index contributed by atoms with van der Waals surface area (Å²) in [5.74, 6) is -1.30. The minimum Gasteiger partial charge on any atom is -0.459 e. The molecule has 0 aromatic heterocycles. The third-order valence-electron chi connectivity index (χ3n) is 5.95. The molecule has 0 aliphatic rings. The quantitative estimate of drug-likeness (QED) is 0.315. The molecule has 3 atom stereocenters. The zero-order valence-electron chi connectivity index (χ0n) is 21.2. The monoisotopic (exact) mass is 519 g/mol. The molecule has 1 amide bonds. The number of nitrogens with one attached hydrogen (secondary N) is 1. The molecule has 0 heterocycles. The van der Waals surface area contributed by atoms with E-state index < -0.39 is 17.9 Å². The molecule has 3 rings (SSSR count). The standard InChI is InChI=1S/C30H33NO5S/c1-22(26-16-10-5-11-17-26)27(21-37-23(2)32)29(33)31-28(20-35-18-24-12-6-3-7-13-24)30(34)36-19-25-14-8-4-9-15-25/h3-17,22,27-28H,18-21H2,1-2H3,(H,31,33)/t22?,27?,28-/m0/s1. The van der Waals surface area contributed by atoms with Crippen LogP contribution < -0.4 is 5.32 Å². The summed E-state index contributed by atoms with van der Waals surface area (Å²) in [5, 5.41) is 2.78. The SMILES string of the molecule is CC(=O)SCC(C(=O)N[C@@H](COCc1ccccc1)C(=O)OCc1ccccc1)C(C)c1ccccc1. The van der Waals surface area contributed by atoms with E-state index in [1.54, 1.807) is 0 Å². The van der Waals surface area contributed by atoms with Crippen LogP contribution >= 0.6 is 11.8 Å². The van der Waals surface area contributed by atoms with Crippen LogP contribution in [0.2, 0.25) is 0 Å². The molecule has 0 saturated carbocycles. The Hall–Kier alpha value is -3.42. The Morgan fingerprint density at radius 2 is 1.35 bits per heavy atom. The molecular formula is C30H33NO5S. The molecule has 0 aliphatic carbocycles. The lowest BCUT2D eigenvalue weighted by molar-refractivity contribution is -0.151. The van der Waals surface area contributed by atoms with E-state index in [0.29, 0.717) is 12.4 Å². The summed E-state index contributed by atoms with van der Waals surface area (Å²) in [6.07, 6.45) is 0. The Kier molecular flexibility index (Phi) is 11.4. The number of benzene rings is 3. The van der Waals surface area contributed by atoms with Gasteiger partial charge in [0, 0.05) is 12.7 Å². The number of amides is 1. The fraction of sp³-hybridized carbons (Fsp3) is 0.300. The van der Waals surface area contributed by atoms with E-state index in [9.17, 15) is 14.4 Å². The van der Waals surface area contributed by atoms with Crippen LogP contribution in [0.3, 0.4) is 0 Å². The highest BCUT2D eigenvalue weighted by atomic mass is 32.2. The number of thioether (sulfide) groups is 1. The first-order chi connectivity index (χ1) is 17.9. The second-order valence-corrected chi connectivity index (χ2v) is 9.96. The van der Waals surface area contributed by atoms with Crippen molar-refractivity contribution >= 4 is 28.8 Å². The smallest absolute Gasteiger partial charge is 0.331 e. The fourth-order valence-corrected chi connectivity index (χ4v) is 4.64. The van der Waals surface area contributed by atoms with Crippen molar-refractivity contribution in [2.24, 2.45) is 5.92 Å². The van der Waals surface area contributed by atoms with Crippen LogP contribution in [0.1, 0.15) is 36.5 Å². The van der Waals surface area contributed by atoms with E-state index in [4.69, 9.17) is 9.47 Å². The van der Waals surface area contributed by atoms with Crippen LogP contribution in [0.4, 0.5) is 0 Å². The summed E-state index contributed by atoms with van der Waals surface area (Å²) < 4.78 is 11.3. The average Bonchev–Trinajstić information content (AvgIpc) is 2.92. The second-order valence-electron chi connectivity index (χ2n) is 8.76. The van der Waals surface area contributed by atoms with Gasteiger partial charge in [0.15, 0.2) is 11.2 Å². The van der Waals surface area contributed by atoms with Gasteiger partial charge in [-0.05, 0) is 22.6 Å². The van der Waals surface area contributed by atoms with Gasteiger partial charge in [-0.3, -0.25) is 9.59 Å². The Balaban J connectivity index is 1.72. The van der Waals surface area contributed by atoms with E-state index in [2.05, 4.69) is 5.32 Å². The first kappa shape index (κ1) is 28.2. The van der Waals surface area contributed by atoms with Crippen LogP contribution in [0.15, 0.2) is 91.0 Å². The predicted octanol–water partition coefficient (Wildman–Crippen LogP) is 5.13. The van der Waals surface area contributed by atoms with Crippen molar-refractivity contribution in [1.82, 2.24) is 5.32 Å². The highest BCUT2D eigenvalue weighted by Gasteiger charge is 2.31. The van der Waals surface area contributed by atoms with Gasteiger partial charge in [-0.2, -0.15) is 0 Å². The zero-order chi connectivity index (χ0) is 26.5. The summed E-state index contributed by atoms with van der Waals surface area (Å²) in [5.41, 5.74) is 2.79. The molecule has 3 aromatic carbocycles. The Labute approximate surface area is 222 Å². The summed E-state index contributed by atoms with van der Waals surface area (Å²) in [6, 6.07) is 27.6. The summed E-state index contributed by atoms with van der Waals surface area (Å²) in [4.78, 5) is 38.2. The molecule has 1 N–H and O–H groups in total. The first-order valence-electron chi connectivity index (χ1n) is 12.2. The number of hydrogen-bond donors (Lipinski definition) is 1. The van der Waals surface area contributed by atoms with Gasteiger partial charge in [-0.15, -0.1) is 0 Å². The fourth-order valence-electron chi connectivity index (χ4n) is 3.79. The molecule has 37 heavy (non-hydrogen) atoms. The van der Waals surface area contributed by atoms with Crippen LogP contribution in [0, 0.1) is 5.92 Å². The largest absolute Gasteiger partial charge is 0.459 e. The number of ether oxygens (including phenoxy) is 2. The van der Waals surface area contributed by atoms with Gasteiger partial charge in [0.2, 0.25) is 5.91 Å². The topological polar surface area (TPSA) is 81.7 Å². The van der Waals surface area contributed by atoms with E-state index in [1.165, 1.54) is 6.92 Å². The molecule has 0 radical (unpaired) electrons. The molecular weight excluding hydrogens is 486 g/mol. The lowest BCUT2D eigenvalue weighted by Crippen LogP contribution is -2.48. The minimum atomic E-state index is -0.993. The number of carbonyl (C=O) groups excluding carboxylic acids is 3. The number of rotatable bonds is 13. The second kappa shape index (κ2) is 15.0. The molecule has 0 aliphatic heterocycles. The Morgan fingerprint density at radius 1 is 0.811 bits per heavy atom. The summed E-state index contributed by atoms with van der Waals surface area (Å²) in [7, 11) is 0. The third-order valence-corrected chi connectivity index (χ3v) is 6.89. The Morgan fingerprint density at radius 3 is 1.92 bits per heavy atom. The van der Waals surface area contributed by atoms with E-state index >= 15 is 0 Å². The van der Waals surface area contributed by atoms with E-state index in [1.807, 2.05) is 97.9 Å². The van der Waals surface area contributed by atoms with Crippen molar-refractivity contribution < 1.29 is 23.9 Å². The van der Waals surface area contributed by atoms with Crippen LogP contribution in [0.25, 0.3) is 0 Å². The number of carbonyl (C=O) groups is 3. The first-order valence-corrected chi connectivity index (χ1v) is 13.2. The van der Waals surface area contributed by atoms with Crippen molar-refractivity contribution in [3.8, 4) is 0 Å². The highest BCUT2D eigenvalue weighted by molar-refractivity contribution is 8.13. The minimum absolute atomic E-state index is 0.0411. The van der Waals surface area contributed by atoms with Crippen molar-refractivity contribution in [1.29, 1.82) is 0 Å². The number of esters is 1. The normalized spacial score (nSPS) is 13.2. The van der Waals surface area contributed by atoms with Crippen LogP contribution in [0.5, 0.6) is 0 Å². The molecule has 0 bridgehead atoms. The van der Waals surface area contributed by atoms with Gasteiger partial charge in [-0.1, -0.05) is 110 Å². The van der Waals surface area contributed by atoms with Crippen molar-refractivity contribution in [3.05, 3.63) is 108 Å². The molecule has 194 valence electrons. The number of hydrogen-bond acceptors (Lipinski definition) is 6. The summed E-state index contributed by atoms with van der Waals surface area (Å²) in [6.45, 7) is 3.78. The third kappa shape index (κ3) is 9.52. The van der Waals surface area contributed by atoms with Gasteiger partial charge >= 0.3 is 5.97 Å². The van der Waals surface area contributed by atoms with Gasteiger partial charge in [-0.25, -0.2) is 4.79 Å². The Bertz CT molecular complexity index is 1120. The van der Waals surface area contributed by atoms with Crippen molar-refractivity contribution in [2.45, 2.75) is 39.0 Å². The molecule has 3 aromatic rings. The molecule has 7 heteroatoms. The van der Waals surface area contributed by atoms with E-state index in [0.717, 1.165) is 28.5 Å². The van der Waals surface area contributed by atoms with Gasteiger partial charge in [0.1, 0.15) is 6.61 Å². The molecule has 0 saturated heterocycles. The lowest BCUT2D eigenvalue weighted by Gasteiger charge is -2.26. The van der Waals surface area contributed by atoms with Gasteiger partial charge in [0.05, 0.1) is 19.1 Å². The van der Waals surface area contributed by atoms with Crippen molar-refractivity contribution in [2.75, 3.05) is 12.4 Å². The molecule has 0 fully saturated rings. The molecule has 6 nitrogen and oxygen atoms in total.